The fourth-order valence-electron chi connectivity index (χ4n) is 3.00. The summed E-state index contributed by atoms with van der Waals surface area (Å²) in [5, 5.41) is 3.11. The van der Waals surface area contributed by atoms with E-state index in [1.54, 1.807) is 0 Å². The van der Waals surface area contributed by atoms with E-state index in [1.807, 2.05) is 0 Å². The molecule has 1 saturated heterocycles. The van der Waals surface area contributed by atoms with Crippen LogP contribution in [0.25, 0.3) is 0 Å². The highest BCUT2D eigenvalue weighted by molar-refractivity contribution is 5.81. The summed E-state index contributed by atoms with van der Waals surface area (Å²) in [5.74, 6) is 1.36. The van der Waals surface area contributed by atoms with Crippen LogP contribution in [-0.2, 0) is 4.79 Å². The molecule has 1 aromatic carbocycles. The number of carbonyl (C=O) groups excluding carboxylic acids is 1. The molecule has 3 nitrogen and oxygen atoms in total. The molecule has 1 N–H and O–H groups in total. The van der Waals surface area contributed by atoms with Crippen molar-refractivity contribution in [3.8, 4) is 0 Å². The number of nitrogens with zero attached hydrogens (tertiary/aromatic N) is 1. The van der Waals surface area contributed by atoms with Crippen molar-refractivity contribution >= 4 is 11.6 Å². The van der Waals surface area contributed by atoms with E-state index in [2.05, 4.69) is 48.3 Å². The minimum Gasteiger partial charge on any atom is -0.372 e. The third kappa shape index (κ3) is 3.58. The van der Waals surface area contributed by atoms with Crippen LogP contribution in [0.2, 0.25) is 0 Å². The van der Waals surface area contributed by atoms with Crippen molar-refractivity contribution in [2.45, 2.75) is 45.6 Å². The van der Waals surface area contributed by atoms with Gasteiger partial charge in [-0.2, -0.15) is 0 Å². The van der Waals surface area contributed by atoms with E-state index in [-0.39, 0.29) is 17.9 Å². The molecule has 0 radical (unpaired) electrons. The van der Waals surface area contributed by atoms with Crippen LogP contribution in [0.15, 0.2) is 24.3 Å². The van der Waals surface area contributed by atoms with Gasteiger partial charge in [0, 0.05) is 24.7 Å². The lowest BCUT2D eigenvalue weighted by Gasteiger charge is -2.32. The fourth-order valence-corrected chi connectivity index (χ4v) is 3.00. The predicted molar refractivity (Wildman–Crippen MR) is 86.3 cm³/mol. The Balaban J connectivity index is 1.59. The molecule has 21 heavy (non-hydrogen) atoms. The van der Waals surface area contributed by atoms with Crippen molar-refractivity contribution in [2.24, 2.45) is 11.8 Å². The van der Waals surface area contributed by atoms with Crippen molar-refractivity contribution in [2.75, 3.05) is 18.0 Å². The Hall–Kier alpha value is -1.51. The quantitative estimate of drug-likeness (QED) is 0.918. The van der Waals surface area contributed by atoms with Crippen molar-refractivity contribution in [3.05, 3.63) is 29.8 Å². The van der Waals surface area contributed by atoms with Crippen LogP contribution in [0.3, 0.4) is 0 Å². The SMILES string of the molecule is CC1CCN(c2ccc([C@H](C)NC(=O)C3CC3)cc2)CC1. The van der Waals surface area contributed by atoms with Gasteiger partial charge < -0.3 is 10.2 Å². The monoisotopic (exact) mass is 286 g/mol. The maximum Gasteiger partial charge on any atom is 0.223 e. The summed E-state index contributed by atoms with van der Waals surface area (Å²) in [6.07, 6.45) is 4.70. The minimum atomic E-state index is 0.105. The zero-order valence-corrected chi connectivity index (χ0v) is 13.1. The van der Waals surface area contributed by atoms with Gasteiger partial charge in [-0.3, -0.25) is 4.79 Å². The number of benzene rings is 1. The van der Waals surface area contributed by atoms with Crippen LogP contribution in [0.5, 0.6) is 0 Å². The van der Waals surface area contributed by atoms with E-state index >= 15 is 0 Å². The molecule has 1 amide bonds. The first kappa shape index (κ1) is 14.4. The molecule has 0 spiro atoms. The number of nitrogens with one attached hydrogen (secondary N) is 1. The Kier molecular flexibility index (Phi) is 4.18. The van der Waals surface area contributed by atoms with Gasteiger partial charge >= 0.3 is 0 Å². The second kappa shape index (κ2) is 6.08. The highest BCUT2D eigenvalue weighted by Gasteiger charge is 2.30. The van der Waals surface area contributed by atoms with E-state index in [4.69, 9.17) is 0 Å². The lowest BCUT2D eigenvalue weighted by molar-refractivity contribution is -0.122. The molecule has 3 rings (SSSR count). The number of hydrogen-bond acceptors (Lipinski definition) is 2. The topological polar surface area (TPSA) is 32.3 Å². The van der Waals surface area contributed by atoms with Gasteiger partial charge in [0.1, 0.15) is 0 Å². The molecule has 1 atom stereocenters. The van der Waals surface area contributed by atoms with Gasteiger partial charge in [-0.1, -0.05) is 19.1 Å². The summed E-state index contributed by atoms with van der Waals surface area (Å²) >= 11 is 0. The smallest absolute Gasteiger partial charge is 0.223 e. The second-order valence-corrected chi connectivity index (χ2v) is 6.77. The van der Waals surface area contributed by atoms with E-state index in [1.165, 1.54) is 24.1 Å². The number of hydrogen-bond donors (Lipinski definition) is 1. The Morgan fingerprint density at radius 1 is 1.14 bits per heavy atom. The Labute approximate surface area is 127 Å². The lowest BCUT2D eigenvalue weighted by Crippen LogP contribution is -2.32. The number of rotatable bonds is 4. The maximum absolute atomic E-state index is 11.8. The Morgan fingerprint density at radius 2 is 1.76 bits per heavy atom. The molecule has 3 heteroatoms. The number of anilines is 1. The van der Waals surface area contributed by atoms with Crippen LogP contribution >= 0.6 is 0 Å². The molecular formula is C18H26N2O. The number of amides is 1. The summed E-state index contributed by atoms with van der Waals surface area (Å²) in [7, 11) is 0. The van der Waals surface area contributed by atoms with Gasteiger partial charge in [0.15, 0.2) is 0 Å². The van der Waals surface area contributed by atoms with E-state index < -0.39 is 0 Å². The van der Waals surface area contributed by atoms with Gasteiger partial charge in [-0.25, -0.2) is 0 Å². The molecule has 2 aliphatic rings. The highest BCUT2D eigenvalue weighted by atomic mass is 16.2. The van der Waals surface area contributed by atoms with Crippen molar-refractivity contribution in [3.63, 3.8) is 0 Å². The average molecular weight is 286 g/mol. The lowest BCUT2D eigenvalue weighted by atomic mass is 9.98. The van der Waals surface area contributed by atoms with E-state index in [9.17, 15) is 4.79 Å². The zero-order chi connectivity index (χ0) is 14.8. The van der Waals surface area contributed by atoms with Crippen LogP contribution in [0.4, 0.5) is 5.69 Å². The molecule has 1 aliphatic carbocycles. The summed E-state index contributed by atoms with van der Waals surface area (Å²) in [4.78, 5) is 14.3. The van der Waals surface area contributed by atoms with Crippen LogP contribution in [-0.4, -0.2) is 19.0 Å². The van der Waals surface area contributed by atoms with Crippen LogP contribution < -0.4 is 10.2 Å². The van der Waals surface area contributed by atoms with E-state index in [0.29, 0.717) is 0 Å². The van der Waals surface area contributed by atoms with Gasteiger partial charge in [0.25, 0.3) is 0 Å². The number of piperidine rings is 1. The standard InChI is InChI=1S/C18H26N2O/c1-13-9-11-20(12-10-13)17-7-5-15(6-8-17)14(2)19-18(21)16-3-4-16/h5-8,13-14,16H,3-4,9-12H2,1-2H3,(H,19,21)/t14-/m0/s1. The average Bonchev–Trinajstić information content (AvgIpc) is 3.33. The molecule has 1 aliphatic heterocycles. The van der Waals surface area contributed by atoms with Gasteiger partial charge in [-0.15, -0.1) is 0 Å². The zero-order valence-electron chi connectivity index (χ0n) is 13.1. The molecular weight excluding hydrogens is 260 g/mol. The number of carbonyl (C=O) groups is 1. The molecule has 0 unspecified atom stereocenters. The molecule has 1 heterocycles. The largest absolute Gasteiger partial charge is 0.372 e. The fraction of sp³-hybridized carbons (Fsp3) is 0.611. The Bertz CT molecular complexity index is 484. The summed E-state index contributed by atoms with van der Waals surface area (Å²) < 4.78 is 0. The van der Waals surface area contributed by atoms with Gasteiger partial charge in [0.2, 0.25) is 5.91 Å². The third-order valence-electron chi connectivity index (χ3n) is 4.85. The summed E-state index contributed by atoms with van der Waals surface area (Å²) in [6.45, 7) is 6.73. The first-order chi connectivity index (χ1) is 10.1. The third-order valence-corrected chi connectivity index (χ3v) is 4.85. The normalized spacial score (nSPS) is 21.1. The first-order valence-corrected chi connectivity index (χ1v) is 8.29. The molecule has 2 fully saturated rings. The van der Waals surface area contributed by atoms with Crippen LogP contribution in [0.1, 0.15) is 51.1 Å². The second-order valence-electron chi connectivity index (χ2n) is 6.77. The van der Waals surface area contributed by atoms with Crippen molar-refractivity contribution in [1.29, 1.82) is 0 Å². The van der Waals surface area contributed by atoms with Gasteiger partial charge in [0.05, 0.1) is 6.04 Å². The molecule has 114 valence electrons. The first-order valence-electron chi connectivity index (χ1n) is 8.29. The van der Waals surface area contributed by atoms with Gasteiger partial charge in [-0.05, 0) is 56.2 Å². The van der Waals surface area contributed by atoms with Crippen molar-refractivity contribution < 1.29 is 4.79 Å². The maximum atomic E-state index is 11.8. The predicted octanol–water partition coefficient (Wildman–Crippen LogP) is 3.51. The van der Waals surface area contributed by atoms with E-state index in [0.717, 1.165) is 31.8 Å². The highest BCUT2D eigenvalue weighted by Crippen LogP contribution is 2.30. The molecule has 0 bridgehead atoms. The van der Waals surface area contributed by atoms with Crippen molar-refractivity contribution in [1.82, 2.24) is 5.32 Å². The summed E-state index contributed by atoms with van der Waals surface area (Å²) in [5.41, 5.74) is 2.50. The van der Waals surface area contributed by atoms with Crippen LogP contribution in [0, 0.1) is 11.8 Å². The molecule has 1 aromatic rings. The summed E-state index contributed by atoms with van der Waals surface area (Å²) in [6, 6.07) is 8.82. The Morgan fingerprint density at radius 3 is 2.33 bits per heavy atom. The molecule has 0 aromatic heterocycles. The minimum absolute atomic E-state index is 0.105. The molecule has 1 saturated carbocycles.